The second kappa shape index (κ2) is 10.9. The molecule has 24 heavy (non-hydrogen) atoms. The molecule has 0 spiro atoms. The molecular weight excluding hydrogens is 420 g/mol. The van der Waals surface area contributed by atoms with Crippen molar-refractivity contribution in [2.45, 2.75) is 39.2 Å². The van der Waals surface area contributed by atoms with Gasteiger partial charge in [-0.15, -0.1) is 24.0 Å². The van der Waals surface area contributed by atoms with Gasteiger partial charge in [0.25, 0.3) is 0 Å². The van der Waals surface area contributed by atoms with Crippen LogP contribution in [0, 0.1) is 11.2 Å². The number of nitrogens with one attached hydrogen (secondary N) is 2. The van der Waals surface area contributed by atoms with Crippen LogP contribution in [0.3, 0.4) is 0 Å². The molecule has 1 aliphatic rings. The molecule has 0 unspecified atom stereocenters. The van der Waals surface area contributed by atoms with Crippen molar-refractivity contribution in [1.29, 1.82) is 0 Å². The SMILES string of the molecule is CCNC(=NCc1ccccc1F)NCC1(CCOC)CCC1.I. The van der Waals surface area contributed by atoms with Gasteiger partial charge >= 0.3 is 0 Å². The maximum Gasteiger partial charge on any atom is 0.191 e. The van der Waals surface area contributed by atoms with E-state index in [1.807, 2.05) is 13.0 Å². The summed E-state index contributed by atoms with van der Waals surface area (Å²) >= 11 is 0. The molecule has 1 fully saturated rings. The van der Waals surface area contributed by atoms with Crippen molar-refractivity contribution >= 4 is 29.9 Å². The fourth-order valence-corrected chi connectivity index (χ4v) is 2.91. The van der Waals surface area contributed by atoms with Crippen LogP contribution < -0.4 is 10.6 Å². The fraction of sp³-hybridized carbons (Fsp3) is 0.611. The minimum absolute atomic E-state index is 0. The Kier molecular flexibility index (Phi) is 9.58. The zero-order valence-electron chi connectivity index (χ0n) is 14.6. The van der Waals surface area contributed by atoms with Crippen molar-refractivity contribution in [2.24, 2.45) is 10.4 Å². The summed E-state index contributed by atoms with van der Waals surface area (Å²) < 4.78 is 18.9. The van der Waals surface area contributed by atoms with E-state index < -0.39 is 0 Å². The average Bonchev–Trinajstić information content (AvgIpc) is 2.52. The van der Waals surface area contributed by atoms with E-state index in [9.17, 15) is 4.39 Å². The molecule has 0 bridgehead atoms. The fourth-order valence-electron chi connectivity index (χ4n) is 2.91. The maximum atomic E-state index is 13.7. The van der Waals surface area contributed by atoms with Crippen LogP contribution in [0.1, 0.15) is 38.2 Å². The lowest BCUT2D eigenvalue weighted by molar-refractivity contribution is 0.0732. The molecular formula is C18H29FIN3O. The lowest BCUT2D eigenvalue weighted by Crippen LogP contribution is -2.47. The van der Waals surface area contributed by atoms with E-state index in [1.165, 1.54) is 25.3 Å². The number of rotatable bonds is 8. The second-order valence-electron chi connectivity index (χ2n) is 6.24. The van der Waals surface area contributed by atoms with E-state index in [1.54, 1.807) is 19.2 Å². The number of aliphatic imine (C=N–C) groups is 1. The van der Waals surface area contributed by atoms with Crippen molar-refractivity contribution in [2.75, 3.05) is 26.8 Å². The Morgan fingerprint density at radius 2 is 2.04 bits per heavy atom. The molecule has 136 valence electrons. The summed E-state index contributed by atoms with van der Waals surface area (Å²) in [4.78, 5) is 4.51. The zero-order chi connectivity index (χ0) is 16.5. The van der Waals surface area contributed by atoms with E-state index in [-0.39, 0.29) is 29.8 Å². The lowest BCUT2D eigenvalue weighted by atomic mass is 9.67. The third-order valence-electron chi connectivity index (χ3n) is 4.59. The smallest absolute Gasteiger partial charge is 0.191 e. The molecule has 0 radical (unpaired) electrons. The van der Waals surface area contributed by atoms with Gasteiger partial charge in [0.05, 0.1) is 6.54 Å². The van der Waals surface area contributed by atoms with E-state index in [2.05, 4.69) is 15.6 Å². The van der Waals surface area contributed by atoms with Crippen LogP contribution >= 0.6 is 24.0 Å². The standard InChI is InChI=1S/C18H28FN3O.HI/c1-3-20-17(21-13-15-7-4-5-8-16(15)19)22-14-18(9-6-10-18)11-12-23-2;/h4-5,7-8H,3,6,9-14H2,1-2H3,(H2,20,21,22);1H. The van der Waals surface area contributed by atoms with Gasteiger partial charge in [0, 0.05) is 32.4 Å². The van der Waals surface area contributed by atoms with Crippen LogP contribution in [-0.4, -0.2) is 32.8 Å². The van der Waals surface area contributed by atoms with Crippen molar-refractivity contribution < 1.29 is 9.13 Å². The topological polar surface area (TPSA) is 45.7 Å². The Bertz CT molecular complexity index is 521. The number of nitrogens with zero attached hydrogens (tertiary/aromatic N) is 1. The van der Waals surface area contributed by atoms with Gasteiger partial charge in [-0.3, -0.25) is 0 Å². The van der Waals surface area contributed by atoms with E-state index >= 15 is 0 Å². The van der Waals surface area contributed by atoms with E-state index in [0.29, 0.717) is 17.5 Å². The highest BCUT2D eigenvalue weighted by Gasteiger charge is 2.36. The second-order valence-corrected chi connectivity index (χ2v) is 6.24. The highest BCUT2D eigenvalue weighted by molar-refractivity contribution is 14.0. The molecule has 2 N–H and O–H groups in total. The number of benzene rings is 1. The maximum absolute atomic E-state index is 13.7. The molecule has 1 aliphatic carbocycles. The molecule has 1 saturated carbocycles. The van der Waals surface area contributed by atoms with Gasteiger partial charge in [-0.25, -0.2) is 9.38 Å². The summed E-state index contributed by atoms with van der Waals surface area (Å²) in [6.07, 6.45) is 4.82. The minimum atomic E-state index is -0.206. The normalized spacial score (nSPS) is 16.0. The van der Waals surface area contributed by atoms with Gasteiger partial charge in [-0.1, -0.05) is 24.6 Å². The molecule has 0 atom stereocenters. The number of hydrogen-bond donors (Lipinski definition) is 2. The summed E-state index contributed by atoms with van der Waals surface area (Å²) in [5, 5.41) is 6.66. The molecule has 6 heteroatoms. The first kappa shape index (κ1) is 21.2. The highest BCUT2D eigenvalue weighted by Crippen LogP contribution is 2.43. The van der Waals surface area contributed by atoms with Crippen molar-refractivity contribution in [1.82, 2.24) is 10.6 Å². The Morgan fingerprint density at radius 1 is 1.29 bits per heavy atom. The molecule has 0 heterocycles. The van der Waals surface area contributed by atoms with Crippen LogP contribution in [0.2, 0.25) is 0 Å². The Hall–Kier alpha value is -0.890. The molecule has 0 amide bonds. The van der Waals surface area contributed by atoms with Crippen LogP contribution in [0.5, 0.6) is 0 Å². The Labute approximate surface area is 161 Å². The zero-order valence-corrected chi connectivity index (χ0v) is 16.9. The van der Waals surface area contributed by atoms with Crippen molar-refractivity contribution in [3.8, 4) is 0 Å². The quantitative estimate of drug-likeness (QED) is 0.362. The van der Waals surface area contributed by atoms with Gasteiger partial charge in [0.2, 0.25) is 0 Å². The molecule has 1 aromatic carbocycles. The largest absolute Gasteiger partial charge is 0.385 e. The Morgan fingerprint density at radius 3 is 2.62 bits per heavy atom. The average molecular weight is 449 g/mol. The first-order valence-electron chi connectivity index (χ1n) is 8.44. The summed E-state index contributed by atoms with van der Waals surface area (Å²) in [5.41, 5.74) is 0.937. The minimum Gasteiger partial charge on any atom is -0.385 e. The molecule has 0 aromatic heterocycles. The van der Waals surface area contributed by atoms with Crippen LogP contribution in [-0.2, 0) is 11.3 Å². The lowest BCUT2D eigenvalue weighted by Gasteiger charge is -2.42. The third-order valence-corrected chi connectivity index (χ3v) is 4.59. The van der Waals surface area contributed by atoms with Gasteiger partial charge in [0.1, 0.15) is 5.82 Å². The summed E-state index contributed by atoms with van der Waals surface area (Å²) in [6.45, 7) is 4.84. The molecule has 4 nitrogen and oxygen atoms in total. The van der Waals surface area contributed by atoms with Gasteiger partial charge in [-0.2, -0.15) is 0 Å². The highest BCUT2D eigenvalue weighted by atomic mass is 127. The van der Waals surface area contributed by atoms with Gasteiger partial charge < -0.3 is 15.4 Å². The predicted octanol–water partition coefficient (Wildman–Crippen LogP) is 3.71. The molecule has 1 aromatic rings. The van der Waals surface area contributed by atoms with E-state index in [4.69, 9.17) is 4.74 Å². The first-order chi connectivity index (χ1) is 11.2. The van der Waals surface area contributed by atoms with Crippen LogP contribution in [0.15, 0.2) is 29.3 Å². The van der Waals surface area contributed by atoms with Crippen LogP contribution in [0.4, 0.5) is 4.39 Å². The number of hydrogen-bond acceptors (Lipinski definition) is 2. The first-order valence-corrected chi connectivity index (χ1v) is 8.44. The monoisotopic (exact) mass is 449 g/mol. The van der Waals surface area contributed by atoms with Crippen molar-refractivity contribution in [3.63, 3.8) is 0 Å². The summed E-state index contributed by atoms with van der Waals surface area (Å²) in [5.74, 6) is 0.544. The number of halogens is 2. The number of ether oxygens (including phenoxy) is 1. The third kappa shape index (κ3) is 6.20. The predicted molar refractivity (Wildman–Crippen MR) is 107 cm³/mol. The number of guanidine groups is 1. The van der Waals surface area contributed by atoms with Crippen LogP contribution in [0.25, 0.3) is 0 Å². The van der Waals surface area contributed by atoms with Crippen molar-refractivity contribution in [3.05, 3.63) is 35.6 Å². The summed E-state index contributed by atoms with van der Waals surface area (Å²) in [7, 11) is 1.75. The van der Waals surface area contributed by atoms with Gasteiger partial charge in [-0.05, 0) is 37.7 Å². The number of methoxy groups -OCH3 is 1. The van der Waals surface area contributed by atoms with E-state index in [0.717, 1.165) is 32.1 Å². The van der Waals surface area contributed by atoms with Gasteiger partial charge in [0.15, 0.2) is 5.96 Å². The summed E-state index contributed by atoms with van der Waals surface area (Å²) in [6, 6.07) is 6.78. The molecule has 2 rings (SSSR count). The Balaban J connectivity index is 0.00000288. The molecule has 0 saturated heterocycles. The molecule has 0 aliphatic heterocycles.